The largest absolute Gasteiger partial charge is 0.322 e. The first-order valence-electron chi connectivity index (χ1n) is 11.3. The maximum atomic E-state index is 12.4. The number of carbonyl (C=O) groups excluding carboxylic acids is 1. The van der Waals surface area contributed by atoms with Crippen LogP contribution in [0.4, 0.5) is 5.69 Å². The fraction of sp³-hybridized carbons (Fsp3) is 0.310. The number of amides is 1. The van der Waals surface area contributed by atoms with Gasteiger partial charge in [0.25, 0.3) is 0 Å². The van der Waals surface area contributed by atoms with E-state index in [1.54, 1.807) is 12.3 Å². The van der Waals surface area contributed by atoms with Crippen LogP contribution in [0.1, 0.15) is 53.9 Å². The highest BCUT2D eigenvalue weighted by molar-refractivity contribution is 6.01. The van der Waals surface area contributed by atoms with E-state index in [9.17, 15) is 4.79 Å². The molecule has 0 fully saturated rings. The van der Waals surface area contributed by atoms with E-state index >= 15 is 0 Å². The molecule has 0 atom stereocenters. The summed E-state index contributed by atoms with van der Waals surface area (Å²) in [6, 6.07) is 7.74. The molecule has 1 amide bonds. The minimum absolute atomic E-state index is 0.136. The first-order valence-corrected chi connectivity index (χ1v) is 11.3. The lowest BCUT2D eigenvalue weighted by molar-refractivity contribution is -0.111. The van der Waals surface area contributed by atoms with Crippen molar-refractivity contribution in [2.75, 3.05) is 5.32 Å². The normalized spacial score (nSPS) is 17.5. The molecule has 1 aromatic heterocycles. The van der Waals surface area contributed by atoms with Crippen LogP contribution < -0.4 is 5.32 Å². The Kier molecular flexibility index (Phi) is 7.63. The van der Waals surface area contributed by atoms with Gasteiger partial charge in [0.2, 0.25) is 5.91 Å². The van der Waals surface area contributed by atoms with Gasteiger partial charge in [-0.1, -0.05) is 61.4 Å². The van der Waals surface area contributed by atoms with Crippen molar-refractivity contribution in [2.24, 2.45) is 5.41 Å². The minimum atomic E-state index is -0.136. The molecule has 1 aromatic carbocycles. The number of allylic oxidation sites excluding steroid dienone is 9. The van der Waals surface area contributed by atoms with Crippen molar-refractivity contribution in [1.29, 1.82) is 0 Å². The molecule has 0 spiro atoms. The highest BCUT2D eigenvalue weighted by Gasteiger charge is 2.26. The quantitative estimate of drug-likeness (QED) is 0.380. The zero-order valence-corrected chi connectivity index (χ0v) is 19.9. The number of carbonyl (C=O) groups is 1. The van der Waals surface area contributed by atoms with E-state index in [0.29, 0.717) is 0 Å². The second-order valence-electron chi connectivity index (χ2n) is 9.35. The molecule has 32 heavy (non-hydrogen) atoms. The summed E-state index contributed by atoms with van der Waals surface area (Å²) in [5, 5.41) is 5.03. The highest BCUT2D eigenvalue weighted by atomic mass is 16.1. The molecule has 2 aromatic rings. The Morgan fingerprint density at radius 3 is 2.69 bits per heavy atom. The van der Waals surface area contributed by atoms with Crippen molar-refractivity contribution in [3.63, 3.8) is 0 Å². The minimum Gasteiger partial charge on any atom is -0.322 e. The molecule has 1 aliphatic rings. The molecule has 0 radical (unpaired) electrons. The maximum Gasteiger partial charge on any atom is 0.248 e. The van der Waals surface area contributed by atoms with Crippen molar-refractivity contribution in [3.8, 4) is 0 Å². The SMILES string of the molecule is CC1=C(/C=C/C(C)=C/C=C/C(C)=C/C(=O)Nc2ccc3cnccc3c2)C(C)(C)CCC1. The molecular formula is C29H34N2O. The number of rotatable bonds is 6. The molecule has 0 saturated carbocycles. The van der Waals surface area contributed by atoms with Gasteiger partial charge in [0, 0.05) is 29.5 Å². The van der Waals surface area contributed by atoms with Crippen LogP contribution in [-0.2, 0) is 4.79 Å². The maximum absolute atomic E-state index is 12.4. The van der Waals surface area contributed by atoms with Gasteiger partial charge in [-0.15, -0.1) is 0 Å². The highest BCUT2D eigenvalue weighted by Crippen LogP contribution is 2.40. The van der Waals surface area contributed by atoms with Gasteiger partial charge in [0.15, 0.2) is 0 Å². The lowest BCUT2D eigenvalue weighted by Gasteiger charge is -2.32. The zero-order valence-electron chi connectivity index (χ0n) is 19.9. The zero-order chi connectivity index (χ0) is 23.1. The summed E-state index contributed by atoms with van der Waals surface area (Å²) in [4.78, 5) is 16.5. The number of nitrogens with zero attached hydrogens (tertiary/aromatic N) is 1. The fourth-order valence-electron chi connectivity index (χ4n) is 4.23. The fourth-order valence-corrected chi connectivity index (χ4v) is 4.23. The summed E-state index contributed by atoms with van der Waals surface area (Å²) < 4.78 is 0. The molecule has 3 rings (SSSR count). The Bertz CT molecular complexity index is 1140. The first-order chi connectivity index (χ1) is 15.2. The van der Waals surface area contributed by atoms with Crippen LogP contribution in [0.15, 0.2) is 95.4 Å². The van der Waals surface area contributed by atoms with Gasteiger partial charge in [0.1, 0.15) is 0 Å². The van der Waals surface area contributed by atoms with Crippen LogP contribution >= 0.6 is 0 Å². The van der Waals surface area contributed by atoms with Gasteiger partial charge in [-0.05, 0) is 80.2 Å². The molecule has 166 valence electrons. The molecule has 0 saturated heterocycles. The van der Waals surface area contributed by atoms with Crippen LogP contribution in [0.3, 0.4) is 0 Å². The van der Waals surface area contributed by atoms with Crippen LogP contribution in [0.2, 0.25) is 0 Å². The number of pyridine rings is 1. The molecule has 0 aliphatic heterocycles. The van der Waals surface area contributed by atoms with Gasteiger partial charge in [0.05, 0.1) is 0 Å². The smallest absolute Gasteiger partial charge is 0.248 e. The van der Waals surface area contributed by atoms with E-state index in [1.807, 2.05) is 49.5 Å². The third-order valence-electron chi connectivity index (χ3n) is 6.04. The summed E-state index contributed by atoms with van der Waals surface area (Å²) >= 11 is 0. The average molecular weight is 427 g/mol. The number of hydrogen-bond acceptors (Lipinski definition) is 2. The monoisotopic (exact) mass is 426 g/mol. The molecule has 0 unspecified atom stereocenters. The van der Waals surface area contributed by atoms with E-state index in [2.05, 4.69) is 56.2 Å². The second-order valence-corrected chi connectivity index (χ2v) is 9.35. The van der Waals surface area contributed by atoms with Gasteiger partial charge < -0.3 is 5.32 Å². The van der Waals surface area contributed by atoms with Crippen LogP contribution in [0, 0.1) is 5.41 Å². The third-order valence-corrected chi connectivity index (χ3v) is 6.04. The Labute approximate surface area is 192 Å². The summed E-state index contributed by atoms with van der Waals surface area (Å²) in [7, 11) is 0. The Morgan fingerprint density at radius 1 is 1.09 bits per heavy atom. The molecule has 1 N–H and O–H groups in total. The summed E-state index contributed by atoms with van der Waals surface area (Å²) in [5.41, 5.74) is 6.09. The molecule has 0 bridgehead atoms. The Morgan fingerprint density at radius 2 is 1.91 bits per heavy atom. The standard InChI is InChI=1S/C29H34N2O/c1-21(11-14-27-23(3)10-7-16-29(27,4)5)8-6-9-22(2)18-28(32)31-26-13-12-25-20-30-17-15-24(25)19-26/h6,8-9,11-15,17-20H,7,10,16H2,1-5H3,(H,31,32)/b9-6+,14-11+,21-8+,22-18+. The van der Waals surface area contributed by atoms with E-state index in [1.165, 1.54) is 36.0 Å². The lowest BCUT2D eigenvalue weighted by atomic mass is 9.72. The van der Waals surface area contributed by atoms with Gasteiger partial charge >= 0.3 is 0 Å². The molecule has 3 nitrogen and oxygen atoms in total. The number of aromatic nitrogens is 1. The van der Waals surface area contributed by atoms with E-state index in [-0.39, 0.29) is 11.3 Å². The van der Waals surface area contributed by atoms with Crippen molar-refractivity contribution < 1.29 is 4.79 Å². The third kappa shape index (κ3) is 6.40. The number of nitrogens with one attached hydrogen (secondary N) is 1. The molecule has 3 heteroatoms. The lowest BCUT2D eigenvalue weighted by Crippen LogP contribution is -2.19. The van der Waals surface area contributed by atoms with Crippen molar-refractivity contribution >= 4 is 22.4 Å². The van der Waals surface area contributed by atoms with E-state index < -0.39 is 0 Å². The number of hydrogen-bond donors (Lipinski definition) is 1. The van der Waals surface area contributed by atoms with Crippen molar-refractivity contribution in [1.82, 2.24) is 4.98 Å². The first kappa shape index (κ1) is 23.5. The second kappa shape index (κ2) is 10.4. The van der Waals surface area contributed by atoms with Gasteiger partial charge in [-0.25, -0.2) is 0 Å². The van der Waals surface area contributed by atoms with E-state index in [4.69, 9.17) is 0 Å². The topological polar surface area (TPSA) is 42.0 Å². The van der Waals surface area contributed by atoms with E-state index in [0.717, 1.165) is 22.0 Å². The summed E-state index contributed by atoms with van der Waals surface area (Å²) in [6.07, 6.45) is 19.4. The van der Waals surface area contributed by atoms with Gasteiger partial charge in [-0.3, -0.25) is 9.78 Å². The molecular weight excluding hydrogens is 392 g/mol. The van der Waals surface area contributed by atoms with Crippen LogP contribution in [-0.4, -0.2) is 10.9 Å². The summed E-state index contributed by atoms with van der Waals surface area (Å²) in [5.74, 6) is -0.136. The van der Waals surface area contributed by atoms with Gasteiger partial charge in [-0.2, -0.15) is 0 Å². The predicted molar refractivity (Wildman–Crippen MR) is 136 cm³/mol. The Balaban J connectivity index is 1.60. The molecule has 1 aliphatic carbocycles. The average Bonchev–Trinajstić information content (AvgIpc) is 2.72. The van der Waals surface area contributed by atoms with Crippen LogP contribution in [0.25, 0.3) is 10.8 Å². The number of benzene rings is 1. The number of fused-ring (bicyclic) bond motifs is 1. The Hall–Kier alpha value is -3.20. The van der Waals surface area contributed by atoms with Crippen LogP contribution in [0.5, 0.6) is 0 Å². The number of anilines is 1. The summed E-state index contributed by atoms with van der Waals surface area (Å²) in [6.45, 7) is 11.0. The predicted octanol–water partition coefficient (Wildman–Crippen LogP) is 7.70. The van der Waals surface area contributed by atoms with Crippen molar-refractivity contribution in [2.45, 2.75) is 53.9 Å². The van der Waals surface area contributed by atoms with Crippen molar-refractivity contribution in [3.05, 3.63) is 95.4 Å². The molecule has 1 heterocycles.